The first kappa shape index (κ1) is 11.8. The van der Waals surface area contributed by atoms with E-state index in [1.807, 2.05) is 30.3 Å². The van der Waals surface area contributed by atoms with Gasteiger partial charge in [0.15, 0.2) is 0 Å². The molecule has 0 spiro atoms. The summed E-state index contributed by atoms with van der Waals surface area (Å²) in [6, 6.07) is 9.18. The number of hydrogen-bond donors (Lipinski definition) is 0. The second-order valence-electron chi connectivity index (χ2n) is 4.36. The first-order valence-corrected chi connectivity index (χ1v) is 5.94. The van der Waals surface area contributed by atoms with E-state index in [1.54, 1.807) is 4.90 Å². The Morgan fingerprint density at radius 1 is 1.41 bits per heavy atom. The molecule has 1 aliphatic heterocycles. The molecule has 1 aromatic carbocycles. The van der Waals surface area contributed by atoms with Crippen molar-refractivity contribution in [3.63, 3.8) is 0 Å². The van der Waals surface area contributed by atoms with Crippen LogP contribution in [0.25, 0.3) is 0 Å². The van der Waals surface area contributed by atoms with Gasteiger partial charge in [0.1, 0.15) is 5.75 Å². The van der Waals surface area contributed by atoms with Gasteiger partial charge in [0, 0.05) is 13.1 Å². The molecule has 0 bridgehead atoms. The zero-order valence-corrected chi connectivity index (χ0v) is 9.76. The van der Waals surface area contributed by atoms with Crippen LogP contribution in [0, 0.1) is 5.92 Å². The first-order valence-electron chi connectivity index (χ1n) is 5.94. The zero-order valence-electron chi connectivity index (χ0n) is 9.76. The Balaban J connectivity index is 1.68. The summed E-state index contributed by atoms with van der Waals surface area (Å²) in [4.78, 5) is 12.4. The second kappa shape index (κ2) is 5.57. The molecule has 1 N–H and O–H groups in total. The molecule has 1 heterocycles. The van der Waals surface area contributed by atoms with Gasteiger partial charge in [0.25, 0.3) is 0 Å². The Bertz CT molecular complexity index is 367. The number of benzene rings is 1. The topological polar surface area (TPSA) is 53.3 Å². The smallest absolute Gasteiger partial charge is 0.336 e. The largest absolute Gasteiger partial charge is 0.494 e. The van der Waals surface area contributed by atoms with Crippen LogP contribution in [0.1, 0.15) is 12.8 Å². The van der Waals surface area contributed by atoms with Crippen LogP contribution in [0.4, 0.5) is 4.79 Å². The van der Waals surface area contributed by atoms with Crippen LogP contribution in [0.15, 0.2) is 30.3 Å². The molecule has 1 saturated heterocycles. The average Bonchev–Trinajstić information content (AvgIpc) is 2.79. The van der Waals surface area contributed by atoms with E-state index in [1.165, 1.54) is 0 Å². The third-order valence-corrected chi connectivity index (χ3v) is 3.11. The first-order chi connectivity index (χ1) is 8.25. The molecule has 17 heavy (non-hydrogen) atoms. The summed E-state index contributed by atoms with van der Waals surface area (Å²) in [5.74, 6) is 1.37. The van der Waals surface area contributed by atoms with Crippen molar-refractivity contribution in [1.29, 1.82) is 0 Å². The number of amides is 2. The van der Waals surface area contributed by atoms with Gasteiger partial charge in [-0.2, -0.15) is 0 Å². The minimum Gasteiger partial charge on any atom is -0.494 e. The van der Waals surface area contributed by atoms with Gasteiger partial charge in [0.05, 0.1) is 6.61 Å². The van der Waals surface area contributed by atoms with Gasteiger partial charge in [-0.3, -0.25) is 0 Å². The van der Waals surface area contributed by atoms with Crippen LogP contribution in [0.2, 0.25) is 0 Å². The molecule has 0 saturated carbocycles. The molecule has 0 aromatic heterocycles. The van der Waals surface area contributed by atoms with Crippen LogP contribution in [-0.2, 0) is 0 Å². The summed E-state index contributed by atoms with van der Waals surface area (Å²) in [5.41, 5.74) is 7.03. The molecule has 4 nitrogen and oxygen atoms in total. The molecule has 1 aromatic rings. The highest BCUT2D eigenvalue weighted by molar-refractivity contribution is 5.71. The van der Waals surface area contributed by atoms with Crippen molar-refractivity contribution >= 4 is 6.03 Å². The van der Waals surface area contributed by atoms with E-state index in [4.69, 9.17) is 10.5 Å². The Morgan fingerprint density at radius 2 is 2.18 bits per heavy atom. The summed E-state index contributed by atoms with van der Waals surface area (Å²) in [6.07, 6.45) is 1.93. The van der Waals surface area contributed by atoms with Gasteiger partial charge in [0.2, 0.25) is 0 Å². The molecule has 4 heteroatoms. The molecule has 1 unspecified atom stereocenters. The minimum atomic E-state index is -0.559. The maximum absolute atomic E-state index is 10.8. The van der Waals surface area contributed by atoms with Gasteiger partial charge in [-0.25, -0.2) is 10.5 Å². The minimum absolute atomic E-state index is 0.480. The maximum Gasteiger partial charge on any atom is 0.336 e. The van der Waals surface area contributed by atoms with Crippen molar-refractivity contribution in [2.24, 2.45) is 5.92 Å². The van der Waals surface area contributed by atoms with Crippen LogP contribution >= 0.6 is 0 Å². The van der Waals surface area contributed by atoms with Crippen molar-refractivity contribution in [3.05, 3.63) is 30.3 Å². The van der Waals surface area contributed by atoms with E-state index in [2.05, 4.69) is 0 Å². The number of nitrogens with zero attached hydrogens (tertiary/aromatic N) is 1. The van der Waals surface area contributed by atoms with E-state index in [-0.39, 0.29) is 0 Å². The van der Waals surface area contributed by atoms with Gasteiger partial charge in [-0.05, 0) is 30.9 Å². The summed E-state index contributed by atoms with van der Waals surface area (Å²) >= 11 is 0. The molecule has 91 valence electrons. The van der Waals surface area contributed by atoms with Crippen molar-refractivity contribution in [1.82, 2.24) is 10.6 Å². The zero-order chi connectivity index (χ0) is 12.1. The lowest BCUT2D eigenvalue weighted by Crippen LogP contribution is -2.28. The van der Waals surface area contributed by atoms with Crippen molar-refractivity contribution in [3.8, 4) is 5.75 Å². The molecular formula is C13H17N2O2. The van der Waals surface area contributed by atoms with Crippen molar-refractivity contribution < 1.29 is 9.53 Å². The number of carbonyl (C=O) groups is 1. The van der Waals surface area contributed by atoms with E-state index >= 15 is 0 Å². The number of rotatable bonds is 4. The third kappa shape index (κ3) is 3.37. The maximum atomic E-state index is 10.8. The molecule has 1 aliphatic rings. The quantitative estimate of drug-likeness (QED) is 0.800. The summed E-state index contributed by atoms with van der Waals surface area (Å²) in [6.45, 7) is 2.10. The summed E-state index contributed by atoms with van der Waals surface area (Å²) < 4.78 is 5.61. The normalized spacial score (nSPS) is 19.3. The SMILES string of the molecule is [NH]C(=O)N1CCC(CCOc2ccccc2)C1. The van der Waals surface area contributed by atoms with Crippen LogP contribution in [0.5, 0.6) is 5.75 Å². The fourth-order valence-corrected chi connectivity index (χ4v) is 2.11. The molecular weight excluding hydrogens is 216 g/mol. The highest BCUT2D eigenvalue weighted by atomic mass is 16.5. The van der Waals surface area contributed by atoms with Gasteiger partial charge in [-0.15, -0.1) is 0 Å². The van der Waals surface area contributed by atoms with Crippen LogP contribution in [0.3, 0.4) is 0 Å². The van der Waals surface area contributed by atoms with Crippen LogP contribution < -0.4 is 10.5 Å². The fraction of sp³-hybridized carbons (Fsp3) is 0.462. The molecule has 2 amide bonds. The van der Waals surface area contributed by atoms with Gasteiger partial charge in [-0.1, -0.05) is 18.2 Å². The number of nitrogens with one attached hydrogen (secondary N) is 1. The summed E-state index contributed by atoms with van der Waals surface area (Å²) in [7, 11) is 0. The Labute approximate surface area is 101 Å². The molecule has 1 radical (unpaired) electrons. The Kier molecular flexibility index (Phi) is 3.85. The lowest BCUT2D eigenvalue weighted by Gasteiger charge is -2.13. The number of para-hydroxylation sites is 1. The second-order valence-corrected chi connectivity index (χ2v) is 4.36. The molecule has 1 fully saturated rings. The van der Waals surface area contributed by atoms with E-state index in [9.17, 15) is 4.79 Å². The van der Waals surface area contributed by atoms with Crippen LogP contribution in [-0.4, -0.2) is 30.6 Å². The number of carbonyl (C=O) groups excluding carboxylic acids is 1. The predicted molar refractivity (Wildman–Crippen MR) is 64.7 cm³/mol. The number of hydrogen-bond acceptors (Lipinski definition) is 2. The lowest BCUT2D eigenvalue weighted by atomic mass is 10.1. The molecule has 0 aliphatic carbocycles. The van der Waals surface area contributed by atoms with Gasteiger partial charge < -0.3 is 9.64 Å². The highest BCUT2D eigenvalue weighted by Gasteiger charge is 2.24. The monoisotopic (exact) mass is 233 g/mol. The lowest BCUT2D eigenvalue weighted by molar-refractivity contribution is 0.213. The fourth-order valence-electron chi connectivity index (χ4n) is 2.11. The number of likely N-dealkylation sites (tertiary alicyclic amines) is 1. The highest BCUT2D eigenvalue weighted by Crippen LogP contribution is 2.20. The standard InChI is InChI=1S/C13H17N2O2/c14-13(16)15-8-6-11(10-15)7-9-17-12-4-2-1-3-5-12/h1-5,11,14H,6-10H2. The summed E-state index contributed by atoms with van der Waals surface area (Å²) in [5, 5.41) is 0. The van der Waals surface area contributed by atoms with E-state index < -0.39 is 6.03 Å². The Hall–Kier alpha value is -1.71. The van der Waals surface area contributed by atoms with Crippen molar-refractivity contribution in [2.45, 2.75) is 12.8 Å². The predicted octanol–water partition coefficient (Wildman–Crippen LogP) is 2.18. The number of ether oxygens (including phenoxy) is 1. The molecule has 2 rings (SSSR count). The average molecular weight is 233 g/mol. The van der Waals surface area contributed by atoms with E-state index in [0.29, 0.717) is 19.1 Å². The number of urea groups is 1. The van der Waals surface area contributed by atoms with E-state index in [0.717, 1.165) is 25.1 Å². The van der Waals surface area contributed by atoms with Gasteiger partial charge >= 0.3 is 6.03 Å². The Morgan fingerprint density at radius 3 is 2.82 bits per heavy atom. The third-order valence-electron chi connectivity index (χ3n) is 3.11. The van der Waals surface area contributed by atoms with Crippen molar-refractivity contribution in [2.75, 3.05) is 19.7 Å². The molecule has 1 atom stereocenters.